The van der Waals surface area contributed by atoms with E-state index in [1.165, 1.54) is 5.69 Å². The van der Waals surface area contributed by atoms with Crippen molar-refractivity contribution in [1.29, 1.82) is 0 Å². The predicted octanol–water partition coefficient (Wildman–Crippen LogP) is 3.41. The molecule has 0 N–H and O–H groups in total. The molecule has 13 heavy (non-hydrogen) atoms. The molecule has 0 saturated heterocycles. The van der Waals surface area contributed by atoms with Gasteiger partial charge in [-0.3, -0.25) is 4.98 Å². The Bertz CT molecular complexity index is 253. The molecule has 0 radical (unpaired) electrons. The number of aromatic nitrogens is 1. The average Bonchev–Trinajstić information content (AvgIpc) is 2.17. The van der Waals surface area contributed by atoms with Crippen molar-refractivity contribution in [3.63, 3.8) is 0 Å². The van der Waals surface area contributed by atoms with Gasteiger partial charge in [-0.1, -0.05) is 33.8 Å². The van der Waals surface area contributed by atoms with Crippen LogP contribution in [0.2, 0.25) is 0 Å². The van der Waals surface area contributed by atoms with Crippen LogP contribution in [0.1, 0.15) is 39.8 Å². The second kappa shape index (κ2) is 3.91. The molecule has 1 aromatic rings. The largest absolute Gasteiger partial charge is 0.261 e. The molecule has 0 amide bonds. The Hall–Kier alpha value is -0.850. The molecule has 0 aliphatic heterocycles. The summed E-state index contributed by atoms with van der Waals surface area (Å²) in [5.41, 5.74) is 1.44. The maximum Gasteiger partial charge on any atom is 0.0465 e. The Morgan fingerprint density at radius 1 is 1.38 bits per heavy atom. The van der Waals surface area contributed by atoms with Gasteiger partial charge in [0.05, 0.1) is 0 Å². The Balaban J connectivity index is 3.03. The van der Waals surface area contributed by atoms with E-state index in [0.29, 0.717) is 5.92 Å². The molecule has 0 spiro atoms. The Labute approximate surface area is 81.2 Å². The van der Waals surface area contributed by atoms with Crippen LogP contribution in [0.25, 0.3) is 0 Å². The van der Waals surface area contributed by atoms with E-state index in [1.807, 2.05) is 12.3 Å². The van der Waals surface area contributed by atoms with Gasteiger partial charge in [0, 0.05) is 17.3 Å². The highest BCUT2D eigenvalue weighted by Crippen LogP contribution is 2.33. The third kappa shape index (κ3) is 1.90. The highest BCUT2D eigenvalue weighted by atomic mass is 14.7. The minimum absolute atomic E-state index is 0.223. The van der Waals surface area contributed by atoms with Crippen LogP contribution < -0.4 is 0 Å². The molecule has 72 valence electrons. The molecule has 1 unspecified atom stereocenters. The van der Waals surface area contributed by atoms with Crippen LogP contribution in [-0.4, -0.2) is 4.98 Å². The lowest BCUT2D eigenvalue weighted by molar-refractivity contribution is 0.317. The highest BCUT2D eigenvalue weighted by Gasteiger charge is 2.29. The second-order valence-corrected chi connectivity index (χ2v) is 4.14. The fraction of sp³-hybridized carbons (Fsp3) is 0.583. The van der Waals surface area contributed by atoms with Crippen LogP contribution in [0.3, 0.4) is 0 Å². The zero-order valence-electron chi connectivity index (χ0n) is 9.04. The lowest BCUT2D eigenvalue weighted by atomic mass is 9.74. The Morgan fingerprint density at radius 2 is 2.08 bits per heavy atom. The maximum absolute atomic E-state index is 4.44. The second-order valence-electron chi connectivity index (χ2n) is 4.14. The van der Waals surface area contributed by atoms with Gasteiger partial charge in [0.2, 0.25) is 0 Å². The Morgan fingerprint density at radius 3 is 2.46 bits per heavy atom. The van der Waals surface area contributed by atoms with Crippen LogP contribution in [-0.2, 0) is 5.41 Å². The van der Waals surface area contributed by atoms with Crippen molar-refractivity contribution in [2.75, 3.05) is 0 Å². The third-order valence-electron chi connectivity index (χ3n) is 3.26. The van der Waals surface area contributed by atoms with Crippen LogP contribution >= 0.6 is 0 Å². The number of nitrogens with zero attached hydrogens (tertiary/aromatic N) is 1. The summed E-state index contributed by atoms with van der Waals surface area (Å²) in [5.74, 6) is 0.632. The van der Waals surface area contributed by atoms with Gasteiger partial charge in [0.1, 0.15) is 0 Å². The van der Waals surface area contributed by atoms with Crippen molar-refractivity contribution in [3.05, 3.63) is 30.1 Å². The molecule has 0 saturated carbocycles. The van der Waals surface area contributed by atoms with Gasteiger partial charge < -0.3 is 0 Å². The van der Waals surface area contributed by atoms with E-state index in [4.69, 9.17) is 0 Å². The van der Waals surface area contributed by atoms with Gasteiger partial charge in [0.25, 0.3) is 0 Å². The van der Waals surface area contributed by atoms with E-state index >= 15 is 0 Å². The van der Waals surface area contributed by atoms with Crippen LogP contribution in [0.4, 0.5) is 0 Å². The molecule has 1 aromatic heterocycles. The number of hydrogen-bond donors (Lipinski definition) is 0. The number of rotatable bonds is 3. The van der Waals surface area contributed by atoms with Crippen LogP contribution in [0.15, 0.2) is 24.4 Å². The summed E-state index contributed by atoms with van der Waals surface area (Å²) >= 11 is 0. The Kier molecular flexibility index (Phi) is 3.07. The first-order valence-electron chi connectivity index (χ1n) is 5.02. The summed E-state index contributed by atoms with van der Waals surface area (Å²) < 4.78 is 0. The van der Waals surface area contributed by atoms with Crippen molar-refractivity contribution in [2.45, 2.75) is 39.5 Å². The molecule has 0 aliphatic carbocycles. The zero-order chi connectivity index (χ0) is 9.90. The minimum atomic E-state index is 0.223. The summed E-state index contributed by atoms with van der Waals surface area (Å²) in [6.07, 6.45) is 3.02. The molecule has 0 bridgehead atoms. The van der Waals surface area contributed by atoms with Crippen LogP contribution in [0, 0.1) is 5.92 Å². The smallest absolute Gasteiger partial charge is 0.0465 e. The summed E-state index contributed by atoms with van der Waals surface area (Å²) in [5, 5.41) is 0. The topological polar surface area (TPSA) is 12.9 Å². The van der Waals surface area contributed by atoms with Gasteiger partial charge in [0.15, 0.2) is 0 Å². The van der Waals surface area contributed by atoms with Crippen molar-refractivity contribution < 1.29 is 0 Å². The summed E-state index contributed by atoms with van der Waals surface area (Å²) in [6.45, 7) is 9.05. The highest BCUT2D eigenvalue weighted by molar-refractivity contribution is 5.16. The van der Waals surface area contributed by atoms with E-state index in [1.54, 1.807) is 0 Å². The predicted molar refractivity (Wildman–Crippen MR) is 56.7 cm³/mol. The third-order valence-corrected chi connectivity index (χ3v) is 3.26. The van der Waals surface area contributed by atoms with Gasteiger partial charge in [-0.25, -0.2) is 0 Å². The van der Waals surface area contributed by atoms with Crippen LogP contribution in [0.5, 0.6) is 0 Å². The number of hydrogen-bond acceptors (Lipinski definition) is 1. The SMILES string of the molecule is CCC(C)(c1ccccn1)C(C)C. The van der Waals surface area contributed by atoms with E-state index < -0.39 is 0 Å². The lowest BCUT2D eigenvalue weighted by Gasteiger charge is -2.31. The fourth-order valence-electron chi connectivity index (χ4n) is 1.59. The summed E-state index contributed by atoms with van der Waals surface area (Å²) in [7, 11) is 0. The summed E-state index contributed by atoms with van der Waals surface area (Å²) in [6, 6.07) is 6.17. The molecular weight excluding hydrogens is 158 g/mol. The van der Waals surface area contributed by atoms with E-state index in [2.05, 4.69) is 44.8 Å². The molecule has 0 aliphatic rings. The van der Waals surface area contributed by atoms with Gasteiger partial charge >= 0.3 is 0 Å². The first-order valence-corrected chi connectivity index (χ1v) is 5.02. The van der Waals surface area contributed by atoms with Crippen molar-refractivity contribution >= 4 is 0 Å². The molecule has 1 heterocycles. The molecule has 1 heteroatoms. The van der Waals surface area contributed by atoms with Gasteiger partial charge in [-0.2, -0.15) is 0 Å². The molecule has 1 rings (SSSR count). The molecule has 0 fully saturated rings. The van der Waals surface area contributed by atoms with Crippen molar-refractivity contribution in [2.24, 2.45) is 5.92 Å². The lowest BCUT2D eigenvalue weighted by Crippen LogP contribution is -2.28. The van der Waals surface area contributed by atoms with E-state index in [-0.39, 0.29) is 5.41 Å². The standard InChI is InChI=1S/C12H19N/c1-5-12(4,10(2)3)11-8-6-7-9-13-11/h6-10H,5H2,1-4H3. The molecule has 1 atom stereocenters. The first kappa shape index (κ1) is 10.2. The fourth-order valence-corrected chi connectivity index (χ4v) is 1.59. The zero-order valence-corrected chi connectivity index (χ0v) is 9.04. The normalized spacial score (nSPS) is 15.8. The molecular formula is C12H19N. The van der Waals surface area contributed by atoms with E-state index in [9.17, 15) is 0 Å². The minimum Gasteiger partial charge on any atom is -0.261 e. The maximum atomic E-state index is 4.44. The first-order chi connectivity index (χ1) is 6.11. The van der Waals surface area contributed by atoms with E-state index in [0.717, 1.165) is 6.42 Å². The summed E-state index contributed by atoms with van der Waals surface area (Å²) in [4.78, 5) is 4.44. The van der Waals surface area contributed by atoms with Crippen molar-refractivity contribution in [3.8, 4) is 0 Å². The average molecular weight is 177 g/mol. The molecule has 0 aromatic carbocycles. The quantitative estimate of drug-likeness (QED) is 0.689. The van der Waals surface area contributed by atoms with Crippen molar-refractivity contribution in [1.82, 2.24) is 4.98 Å². The monoisotopic (exact) mass is 177 g/mol. The van der Waals surface area contributed by atoms with Gasteiger partial charge in [-0.05, 0) is 24.5 Å². The molecule has 1 nitrogen and oxygen atoms in total. The van der Waals surface area contributed by atoms with Gasteiger partial charge in [-0.15, -0.1) is 0 Å². The number of pyridine rings is 1.